The molecule has 134 valence electrons. The molecule has 2 heterocycles. The van der Waals surface area contributed by atoms with E-state index in [1.807, 2.05) is 18.2 Å². The van der Waals surface area contributed by atoms with Gasteiger partial charge in [-0.3, -0.25) is 5.10 Å². The summed E-state index contributed by atoms with van der Waals surface area (Å²) in [4.78, 5) is 0. The first-order valence-corrected chi connectivity index (χ1v) is 8.55. The summed E-state index contributed by atoms with van der Waals surface area (Å²) in [7, 11) is 1.65. The smallest absolute Gasteiger partial charge is 0.164 e. The van der Waals surface area contributed by atoms with Gasteiger partial charge < -0.3 is 14.8 Å². The number of nitrogens with zero attached hydrogens (tertiary/aromatic N) is 1. The maximum absolute atomic E-state index is 13.5. The number of methoxy groups -OCH3 is 1. The lowest BCUT2D eigenvalue weighted by Crippen LogP contribution is -2.39. The predicted octanol–water partition coefficient (Wildman–Crippen LogP) is 3.32. The molecule has 0 spiro atoms. The summed E-state index contributed by atoms with van der Waals surface area (Å²) >= 11 is 0. The largest absolute Gasteiger partial charge is 0.493 e. The number of benzene rings is 2. The lowest BCUT2D eigenvalue weighted by molar-refractivity contribution is 0.227. The van der Waals surface area contributed by atoms with Crippen molar-refractivity contribution in [3.05, 3.63) is 65.6 Å². The highest BCUT2D eigenvalue weighted by Crippen LogP contribution is 2.34. The fraction of sp³-hybridized carbons (Fsp3) is 0.250. The van der Waals surface area contributed by atoms with E-state index in [4.69, 9.17) is 9.47 Å². The molecule has 1 aromatic heterocycles. The van der Waals surface area contributed by atoms with E-state index in [2.05, 4.69) is 21.6 Å². The van der Waals surface area contributed by atoms with E-state index >= 15 is 0 Å². The standard InChI is InChI=1S/C20H20FN3O2/c1-25-18-7-3-5-14-9-17(12-26-20(14)18)22-10-15-11-23-24-19(15)13-4-2-6-16(21)8-13/h2-8,11,17,22H,9-10,12H2,1H3,(H,23,24)/t17-/m0/s1. The normalized spacial score (nSPS) is 16.0. The Balaban J connectivity index is 1.45. The number of H-pyrrole nitrogens is 1. The highest BCUT2D eigenvalue weighted by atomic mass is 19.1. The van der Waals surface area contributed by atoms with Crippen LogP contribution in [0.2, 0.25) is 0 Å². The van der Waals surface area contributed by atoms with Crippen molar-refractivity contribution < 1.29 is 13.9 Å². The van der Waals surface area contributed by atoms with Crippen LogP contribution in [0.25, 0.3) is 11.3 Å². The third kappa shape index (κ3) is 3.28. The van der Waals surface area contributed by atoms with Gasteiger partial charge in [0.2, 0.25) is 0 Å². The molecule has 2 N–H and O–H groups in total. The van der Waals surface area contributed by atoms with Crippen LogP contribution >= 0.6 is 0 Å². The van der Waals surface area contributed by atoms with Crippen LogP contribution in [0.4, 0.5) is 4.39 Å². The van der Waals surface area contributed by atoms with E-state index in [0.717, 1.165) is 40.3 Å². The molecule has 3 aromatic rings. The number of rotatable bonds is 5. The molecule has 0 saturated carbocycles. The minimum absolute atomic E-state index is 0.185. The van der Waals surface area contributed by atoms with Crippen molar-refractivity contribution in [1.82, 2.24) is 15.5 Å². The average molecular weight is 353 g/mol. The number of para-hydroxylation sites is 1. The summed E-state index contributed by atoms with van der Waals surface area (Å²) in [5, 5.41) is 10.6. The molecule has 0 aliphatic carbocycles. The molecule has 0 fully saturated rings. The van der Waals surface area contributed by atoms with Gasteiger partial charge in [0, 0.05) is 23.7 Å². The van der Waals surface area contributed by atoms with Crippen molar-refractivity contribution in [3.8, 4) is 22.8 Å². The molecule has 0 saturated heterocycles. The van der Waals surface area contributed by atoms with E-state index < -0.39 is 0 Å². The zero-order chi connectivity index (χ0) is 17.9. The van der Waals surface area contributed by atoms with E-state index in [1.54, 1.807) is 19.4 Å². The summed E-state index contributed by atoms with van der Waals surface area (Å²) in [6, 6.07) is 12.6. The van der Waals surface area contributed by atoms with Crippen LogP contribution < -0.4 is 14.8 Å². The van der Waals surface area contributed by atoms with Crippen LogP contribution in [0, 0.1) is 5.82 Å². The molecular weight excluding hydrogens is 333 g/mol. The minimum atomic E-state index is -0.262. The summed E-state index contributed by atoms with van der Waals surface area (Å²) in [6.45, 7) is 1.19. The quantitative estimate of drug-likeness (QED) is 0.739. The number of fused-ring (bicyclic) bond motifs is 1. The zero-order valence-electron chi connectivity index (χ0n) is 14.5. The lowest BCUT2D eigenvalue weighted by Gasteiger charge is -2.27. The maximum Gasteiger partial charge on any atom is 0.164 e. The van der Waals surface area contributed by atoms with E-state index in [1.165, 1.54) is 12.1 Å². The van der Waals surface area contributed by atoms with Crippen LogP contribution in [0.15, 0.2) is 48.7 Å². The number of hydrogen-bond acceptors (Lipinski definition) is 4. The topological polar surface area (TPSA) is 59.2 Å². The first-order valence-electron chi connectivity index (χ1n) is 8.55. The van der Waals surface area contributed by atoms with Gasteiger partial charge in [0.1, 0.15) is 12.4 Å². The van der Waals surface area contributed by atoms with Crippen LogP contribution in [0.3, 0.4) is 0 Å². The van der Waals surface area contributed by atoms with Crippen molar-refractivity contribution >= 4 is 0 Å². The molecule has 6 heteroatoms. The molecule has 1 aliphatic heterocycles. The Hall–Kier alpha value is -2.86. The summed E-state index contributed by atoms with van der Waals surface area (Å²) in [5.41, 5.74) is 3.74. The predicted molar refractivity (Wildman–Crippen MR) is 96.8 cm³/mol. The maximum atomic E-state index is 13.5. The molecule has 4 rings (SSSR count). The third-order valence-corrected chi connectivity index (χ3v) is 4.59. The van der Waals surface area contributed by atoms with Gasteiger partial charge in [-0.05, 0) is 30.2 Å². The Kier molecular flexibility index (Phi) is 4.58. The molecule has 0 bridgehead atoms. The zero-order valence-corrected chi connectivity index (χ0v) is 14.5. The number of ether oxygens (including phenoxy) is 2. The highest BCUT2D eigenvalue weighted by molar-refractivity contribution is 5.62. The van der Waals surface area contributed by atoms with E-state index in [-0.39, 0.29) is 11.9 Å². The molecule has 5 nitrogen and oxygen atoms in total. The molecule has 1 aliphatic rings. The molecular formula is C20H20FN3O2. The highest BCUT2D eigenvalue weighted by Gasteiger charge is 2.22. The Bertz CT molecular complexity index is 910. The van der Waals surface area contributed by atoms with Crippen molar-refractivity contribution in [2.75, 3.05) is 13.7 Å². The van der Waals surface area contributed by atoms with Gasteiger partial charge in [0.15, 0.2) is 11.5 Å². The fourth-order valence-electron chi connectivity index (χ4n) is 3.28. The Morgan fingerprint density at radius 2 is 2.19 bits per heavy atom. The molecule has 26 heavy (non-hydrogen) atoms. The SMILES string of the molecule is COc1cccc2c1OC[C@@H](NCc1cn[nH]c1-c1cccc(F)c1)C2. The van der Waals surface area contributed by atoms with Crippen LogP contribution in [-0.4, -0.2) is 30.0 Å². The van der Waals surface area contributed by atoms with Crippen molar-refractivity contribution in [1.29, 1.82) is 0 Å². The molecule has 0 radical (unpaired) electrons. The van der Waals surface area contributed by atoms with Crippen LogP contribution in [0.1, 0.15) is 11.1 Å². The molecule has 0 unspecified atom stereocenters. The van der Waals surface area contributed by atoms with E-state index in [9.17, 15) is 4.39 Å². The Morgan fingerprint density at radius 1 is 1.31 bits per heavy atom. The summed E-state index contributed by atoms with van der Waals surface area (Å²) in [5.74, 6) is 1.34. The van der Waals surface area contributed by atoms with Gasteiger partial charge in [-0.1, -0.05) is 24.3 Å². The van der Waals surface area contributed by atoms with Crippen LogP contribution in [0.5, 0.6) is 11.5 Å². The minimum Gasteiger partial charge on any atom is -0.493 e. The van der Waals surface area contributed by atoms with E-state index in [0.29, 0.717) is 13.2 Å². The number of hydrogen-bond donors (Lipinski definition) is 2. The number of aromatic amines is 1. The molecule has 1 atom stereocenters. The lowest BCUT2D eigenvalue weighted by atomic mass is 10.0. The second-order valence-electron chi connectivity index (χ2n) is 6.32. The molecule has 2 aromatic carbocycles. The van der Waals surface area contributed by atoms with Gasteiger partial charge in [-0.25, -0.2) is 4.39 Å². The van der Waals surface area contributed by atoms with Crippen LogP contribution in [-0.2, 0) is 13.0 Å². The first kappa shape index (κ1) is 16.6. The number of halogens is 1. The number of nitrogens with one attached hydrogen (secondary N) is 2. The van der Waals surface area contributed by atoms with Crippen molar-refractivity contribution in [2.24, 2.45) is 0 Å². The van der Waals surface area contributed by atoms with Gasteiger partial charge in [0.25, 0.3) is 0 Å². The van der Waals surface area contributed by atoms with Crippen molar-refractivity contribution in [2.45, 2.75) is 19.0 Å². The second kappa shape index (κ2) is 7.17. The third-order valence-electron chi connectivity index (χ3n) is 4.59. The van der Waals surface area contributed by atoms with Crippen molar-refractivity contribution in [3.63, 3.8) is 0 Å². The van der Waals surface area contributed by atoms with Gasteiger partial charge in [-0.2, -0.15) is 5.10 Å². The second-order valence-corrected chi connectivity index (χ2v) is 6.32. The monoisotopic (exact) mass is 353 g/mol. The Labute approximate surface area is 151 Å². The van der Waals surface area contributed by atoms with Gasteiger partial charge >= 0.3 is 0 Å². The summed E-state index contributed by atoms with van der Waals surface area (Å²) in [6.07, 6.45) is 2.63. The first-order chi connectivity index (χ1) is 12.7. The summed E-state index contributed by atoms with van der Waals surface area (Å²) < 4.78 is 24.7. The fourth-order valence-corrected chi connectivity index (χ4v) is 3.28. The number of aromatic nitrogens is 2. The molecule has 0 amide bonds. The average Bonchev–Trinajstić information content (AvgIpc) is 3.14. The van der Waals surface area contributed by atoms with Gasteiger partial charge in [0.05, 0.1) is 19.0 Å². The Morgan fingerprint density at radius 3 is 3.04 bits per heavy atom. The van der Waals surface area contributed by atoms with Gasteiger partial charge in [-0.15, -0.1) is 0 Å².